The molecule has 0 radical (unpaired) electrons. The topological polar surface area (TPSA) is 63.0 Å². The van der Waals surface area contributed by atoms with E-state index in [4.69, 9.17) is 5.26 Å². The van der Waals surface area contributed by atoms with E-state index < -0.39 is 5.97 Å². The largest absolute Gasteiger partial charge is 0.464 e. The number of methoxy groups -OCH3 is 1. The van der Waals surface area contributed by atoms with Gasteiger partial charge in [0.05, 0.1) is 13.2 Å². The van der Waals surface area contributed by atoms with Crippen LogP contribution in [0.5, 0.6) is 0 Å². The molecule has 5 heteroatoms. The zero-order valence-electron chi connectivity index (χ0n) is 6.85. The lowest BCUT2D eigenvalue weighted by Gasteiger charge is -1.90. The van der Waals surface area contributed by atoms with Crippen molar-refractivity contribution in [2.24, 2.45) is 0 Å². The molecule has 13 heavy (non-hydrogen) atoms. The molecule has 66 valence electrons. The number of carbonyl (C=O) groups is 1. The number of hydrogen-bond donors (Lipinski definition) is 0. The molecule has 0 spiro atoms. The molecule has 0 aromatic carbocycles. The molecular formula is C8H6N2O2S. The van der Waals surface area contributed by atoms with E-state index in [1.165, 1.54) is 30.6 Å². The summed E-state index contributed by atoms with van der Waals surface area (Å²) in [5.41, 5.74) is 0.269. The molecular weight excluding hydrogens is 188 g/mol. The fourth-order valence-electron chi connectivity index (χ4n) is 0.671. The summed E-state index contributed by atoms with van der Waals surface area (Å²) < 4.78 is 4.47. The third-order valence-electron chi connectivity index (χ3n) is 1.22. The first kappa shape index (κ1) is 9.42. The van der Waals surface area contributed by atoms with Gasteiger partial charge in [0.25, 0.3) is 0 Å². The number of hydrogen-bond acceptors (Lipinski definition) is 5. The maximum atomic E-state index is 10.9. The van der Waals surface area contributed by atoms with E-state index in [-0.39, 0.29) is 5.69 Å². The lowest BCUT2D eigenvalue weighted by atomic mass is 10.5. The molecule has 0 bridgehead atoms. The molecule has 0 amide bonds. The second kappa shape index (κ2) is 4.38. The van der Waals surface area contributed by atoms with Gasteiger partial charge < -0.3 is 4.74 Å². The first-order valence-electron chi connectivity index (χ1n) is 3.38. The summed E-state index contributed by atoms with van der Waals surface area (Å²) in [4.78, 5) is 14.9. The van der Waals surface area contributed by atoms with Gasteiger partial charge in [-0.25, -0.2) is 9.78 Å². The predicted molar refractivity (Wildman–Crippen MR) is 48.1 cm³/mol. The number of carbonyl (C=O) groups excluding carboxylic acids is 1. The van der Waals surface area contributed by atoms with Crippen molar-refractivity contribution >= 4 is 23.4 Å². The highest BCUT2D eigenvalue weighted by molar-refractivity contribution is 7.10. The van der Waals surface area contributed by atoms with Gasteiger partial charge in [-0.3, -0.25) is 0 Å². The lowest BCUT2D eigenvalue weighted by molar-refractivity contribution is 0.0595. The van der Waals surface area contributed by atoms with Gasteiger partial charge in [-0.2, -0.15) is 5.26 Å². The van der Waals surface area contributed by atoms with Crippen LogP contribution in [0.15, 0.2) is 11.5 Å². The van der Waals surface area contributed by atoms with Gasteiger partial charge in [0.1, 0.15) is 5.01 Å². The molecule has 0 saturated heterocycles. The van der Waals surface area contributed by atoms with Crippen molar-refractivity contribution < 1.29 is 9.53 Å². The van der Waals surface area contributed by atoms with Gasteiger partial charge in [-0.1, -0.05) is 0 Å². The van der Waals surface area contributed by atoms with Crippen molar-refractivity contribution in [2.75, 3.05) is 7.11 Å². The number of nitrogens with zero attached hydrogens (tertiary/aromatic N) is 2. The quantitative estimate of drug-likeness (QED) is 0.528. The normalized spacial score (nSPS) is 9.85. The van der Waals surface area contributed by atoms with Gasteiger partial charge in [-0.15, -0.1) is 11.3 Å². The Bertz CT molecular complexity index is 376. The third kappa shape index (κ3) is 2.39. The number of nitriles is 1. The van der Waals surface area contributed by atoms with Gasteiger partial charge in [0.2, 0.25) is 0 Å². The van der Waals surface area contributed by atoms with Crippen molar-refractivity contribution in [3.05, 3.63) is 22.2 Å². The van der Waals surface area contributed by atoms with Crippen LogP contribution in [0, 0.1) is 11.3 Å². The molecule has 0 aliphatic heterocycles. The second-order valence-electron chi connectivity index (χ2n) is 2.02. The number of thiazole rings is 1. The zero-order valence-corrected chi connectivity index (χ0v) is 7.67. The van der Waals surface area contributed by atoms with Crippen LogP contribution in [0.4, 0.5) is 0 Å². The van der Waals surface area contributed by atoms with Gasteiger partial charge in [-0.05, 0) is 6.08 Å². The minimum atomic E-state index is -0.465. The van der Waals surface area contributed by atoms with Crippen LogP contribution in [0.1, 0.15) is 15.5 Å². The van der Waals surface area contributed by atoms with E-state index in [9.17, 15) is 4.79 Å². The Morgan fingerprint density at radius 3 is 3.23 bits per heavy atom. The first-order chi connectivity index (χ1) is 6.27. The summed E-state index contributed by atoms with van der Waals surface area (Å²) in [5, 5.41) is 10.4. The molecule has 1 heterocycles. The van der Waals surface area contributed by atoms with Crippen molar-refractivity contribution in [2.45, 2.75) is 0 Å². The highest BCUT2D eigenvalue weighted by Gasteiger charge is 2.08. The Hall–Kier alpha value is -1.67. The summed E-state index contributed by atoms with van der Waals surface area (Å²) in [5.74, 6) is -0.465. The molecule has 0 aliphatic rings. The monoisotopic (exact) mass is 194 g/mol. The van der Waals surface area contributed by atoms with E-state index >= 15 is 0 Å². The first-order valence-corrected chi connectivity index (χ1v) is 4.26. The summed E-state index contributed by atoms with van der Waals surface area (Å²) in [7, 11) is 1.30. The molecule has 1 aromatic rings. The van der Waals surface area contributed by atoms with Crippen LogP contribution >= 0.6 is 11.3 Å². The molecule has 4 nitrogen and oxygen atoms in total. The number of allylic oxidation sites excluding steroid dienone is 1. The number of esters is 1. The summed E-state index contributed by atoms with van der Waals surface area (Å²) in [6, 6.07) is 1.84. The lowest BCUT2D eigenvalue weighted by Crippen LogP contribution is -2.00. The molecule has 1 aromatic heterocycles. The van der Waals surface area contributed by atoms with Gasteiger partial charge in [0.15, 0.2) is 5.69 Å². The fraction of sp³-hybridized carbons (Fsp3) is 0.125. The van der Waals surface area contributed by atoms with E-state index in [0.717, 1.165) is 0 Å². The van der Waals surface area contributed by atoms with E-state index in [2.05, 4.69) is 9.72 Å². The minimum Gasteiger partial charge on any atom is -0.464 e. The van der Waals surface area contributed by atoms with Crippen molar-refractivity contribution in [3.63, 3.8) is 0 Å². The molecule has 0 fully saturated rings. The van der Waals surface area contributed by atoms with Crippen molar-refractivity contribution in [1.82, 2.24) is 4.98 Å². The Morgan fingerprint density at radius 1 is 1.85 bits per heavy atom. The smallest absolute Gasteiger partial charge is 0.357 e. The maximum absolute atomic E-state index is 10.9. The van der Waals surface area contributed by atoms with E-state index in [1.807, 2.05) is 6.07 Å². The Balaban J connectivity index is 2.82. The van der Waals surface area contributed by atoms with Crippen molar-refractivity contribution in [3.8, 4) is 6.07 Å². The third-order valence-corrected chi connectivity index (χ3v) is 2.03. The van der Waals surface area contributed by atoms with Crippen LogP contribution in [0.2, 0.25) is 0 Å². The zero-order chi connectivity index (χ0) is 9.68. The highest BCUT2D eigenvalue weighted by Crippen LogP contribution is 2.11. The Morgan fingerprint density at radius 2 is 2.62 bits per heavy atom. The molecule has 0 unspecified atom stereocenters. The number of rotatable bonds is 2. The van der Waals surface area contributed by atoms with E-state index in [1.54, 1.807) is 5.38 Å². The second-order valence-corrected chi connectivity index (χ2v) is 2.91. The van der Waals surface area contributed by atoms with Crippen molar-refractivity contribution in [1.29, 1.82) is 5.26 Å². The fourth-order valence-corrected chi connectivity index (χ4v) is 1.35. The van der Waals surface area contributed by atoms with E-state index in [0.29, 0.717) is 5.01 Å². The number of aromatic nitrogens is 1. The predicted octanol–water partition coefficient (Wildman–Crippen LogP) is 1.47. The highest BCUT2D eigenvalue weighted by atomic mass is 32.1. The Labute approximate surface area is 79.1 Å². The van der Waals surface area contributed by atoms with Gasteiger partial charge >= 0.3 is 5.97 Å². The molecule has 0 atom stereocenters. The van der Waals surface area contributed by atoms with Crippen LogP contribution in [0.3, 0.4) is 0 Å². The number of ether oxygens (including phenoxy) is 1. The van der Waals surface area contributed by atoms with Crippen LogP contribution in [-0.2, 0) is 4.74 Å². The molecule has 0 aliphatic carbocycles. The van der Waals surface area contributed by atoms with Crippen LogP contribution < -0.4 is 0 Å². The average molecular weight is 194 g/mol. The minimum absolute atomic E-state index is 0.269. The molecule has 0 N–H and O–H groups in total. The maximum Gasteiger partial charge on any atom is 0.357 e. The molecule has 1 rings (SSSR count). The summed E-state index contributed by atoms with van der Waals surface area (Å²) >= 11 is 1.28. The standard InChI is InChI=1S/C8H6N2O2S/c1-12-8(11)6-5-13-7(10-6)3-2-4-9/h2-3,5H,1H3. The SMILES string of the molecule is COC(=O)c1csc(C=CC#N)n1. The summed E-state index contributed by atoms with van der Waals surface area (Å²) in [6.07, 6.45) is 2.84. The van der Waals surface area contributed by atoms with Crippen LogP contribution in [0.25, 0.3) is 6.08 Å². The Kier molecular flexibility index (Phi) is 3.17. The summed E-state index contributed by atoms with van der Waals surface area (Å²) in [6.45, 7) is 0. The molecule has 0 saturated carbocycles. The van der Waals surface area contributed by atoms with Crippen LogP contribution in [-0.4, -0.2) is 18.1 Å². The van der Waals surface area contributed by atoms with Gasteiger partial charge in [0, 0.05) is 11.5 Å². The average Bonchev–Trinajstić information content (AvgIpc) is 2.62.